The minimum atomic E-state index is -0.314. The van der Waals surface area contributed by atoms with Crippen LogP contribution in [0.15, 0.2) is 43.1 Å². The number of amides is 1. The molecule has 0 fully saturated rings. The molecule has 0 spiro atoms. The van der Waals surface area contributed by atoms with E-state index < -0.39 is 0 Å². The van der Waals surface area contributed by atoms with Crippen molar-refractivity contribution in [3.63, 3.8) is 0 Å². The first-order valence-corrected chi connectivity index (χ1v) is 6.00. The number of benzene rings is 1. The minimum Gasteiger partial charge on any atom is -0.369 e. The first kappa shape index (κ1) is 11.5. The summed E-state index contributed by atoms with van der Waals surface area (Å²) in [5.41, 5.74) is 8.34. The molecule has 3 rings (SSSR count). The molecule has 5 nitrogen and oxygen atoms in total. The van der Waals surface area contributed by atoms with E-state index in [0.29, 0.717) is 0 Å². The second-order valence-electron chi connectivity index (χ2n) is 4.58. The molecule has 0 atom stereocenters. The van der Waals surface area contributed by atoms with Crippen LogP contribution in [0.2, 0.25) is 0 Å². The molecule has 0 aliphatic heterocycles. The third-order valence-corrected chi connectivity index (χ3v) is 3.22. The Morgan fingerprint density at radius 2 is 2.26 bits per heavy atom. The van der Waals surface area contributed by atoms with Crippen molar-refractivity contribution in [2.75, 3.05) is 0 Å². The monoisotopic (exact) mass is 254 g/mol. The van der Waals surface area contributed by atoms with Crippen LogP contribution in [0.3, 0.4) is 0 Å². The van der Waals surface area contributed by atoms with Crippen LogP contribution in [0.25, 0.3) is 16.6 Å². The fourth-order valence-electron chi connectivity index (χ4n) is 2.36. The average Bonchev–Trinajstić information content (AvgIpc) is 2.98. The Kier molecular flexibility index (Phi) is 2.59. The van der Waals surface area contributed by atoms with E-state index in [1.54, 1.807) is 12.5 Å². The van der Waals surface area contributed by atoms with Crippen LogP contribution in [-0.4, -0.2) is 20.0 Å². The number of primary amides is 1. The molecule has 0 unspecified atom stereocenters. The molecule has 96 valence electrons. The van der Waals surface area contributed by atoms with Crippen LogP contribution in [-0.2, 0) is 18.3 Å². The number of fused-ring (bicyclic) bond motifs is 1. The van der Waals surface area contributed by atoms with Gasteiger partial charge in [0.1, 0.15) is 0 Å². The van der Waals surface area contributed by atoms with E-state index in [1.165, 1.54) is 0 Å². The van der Waals surface area contributed by atoms with Crippen LogP contribution >= 0.6 is 0 Å². The number of aromatic nitrogens is 3. The SMILES string of the molecule is Cn1cc(CC(N)=O)c2ccc(-n3ccnc3)cc21. The summed E-state index contributed by atoms with van der Waals surface area (Å²) in [6, 6.07) is 6.10. The van der Waals surface area contributed by atoms with Gasteiger partial charge in [-0.05, 0) is 17.7 Å². The summed E-state index contributed by atoms with van der Waals surface area (Å²) < 4.78 is 3.95. The lowest BCUT2D eigenvalue weighted by Crippen LogP contribution is -2.13. The Hall–Kier alpha value is -2.56. The van der Waals surface area contributed by atoms with Gasteiger partial charge in [-0.1, -0.05) is 6.07 Å². The van der Waals surface area contributed by atoms with Gasteiger partial charge in [-0.15, -0.1) is 0 Å². The van der Waals surface area contributed by atoms with Gasteiger partial charge in [-0.3, -0.25) is 4.79 Å². The summed E-state index contributed by atoms with van der Waals surface area (Å²) in [4.78, 5) is 15.1. The normalized spacial score (nSPS) is 11.0. The first-order chi connectivity index (χ1) is 9.15. The van der Waals surface area contributed by atoms with Crippen molar-refractivity contribution in [1.29, 1.82) is 0 Å². The molecule has 1 amide bonds. The predicted molar refractivity (Wildman–Crippen MR) is 72.9 cm³/mol. The fraction of sp³-hybridized carbons (Fsp3) is 0.143. The zero-order valence-electron chi connectivity index (χ0n) is 10.6. The van der Waals surface area contributed by atoms with E-state index in [-0.39, 0.29) is 12.3 Å². The number of carbonyl (C=O) groups is 1. The molecule has 0 saturated heterocycles. The van der Waals surface area contributed by atoms with E-state index in [4.69, 9.17) is 5.73 Å². The van der Waals surface area contributed by atoms with Gasteiger partial charge in [0, 0.05) is 36.7 Å². The molecule has 0 aliphatic carbocycles. The summed E-state index contributed by atoms with van der Waals surface area (Å²) in [7, 11) is 1.96. The molecule has 0 radical (unpaired) electrons. The lowest BCUT2D eigenvalue weighted by Gasteiger charge is -2.03. The van der Waals surface area contributed by atoms with E-state index in [1.807, 2.05) is 40.7 Å². The smallest absolute Gasteiger partial charge is 0.221 e. The highest BCUT2D eigenvalue weighted by atomic mass is 16.1. The largest absolute Gasteiger partial charge is 0.369 e. The summed E-state index contributed by atoms with van der Waals surface area (Å²) >= 11 is 0. The number of nitrogens with two attached hydrogens (primary N) is 1. The summed E-state index contributed by atoms with van der Waals surface area (Å²) in [6.07, 6.45) is 7.62. The minimum absolute atomic E-state index is 0.266. The Balaban J connectivity index is 2.14. The number of aryl methyl sites for hydroxylation is 1. The van der Waals surface area contributed by atoms with Gasteiger partial charge < -0.3 is 14.9 Å². The zero-order chi connectivity index (χ0) is 13.4. The molecular weight excluding hydrogens is 240 g/mol. The molecule has 1 aromatic carbocycles. The second-order valence-corrected chi connectivity index (χ2v) is 4.58. The molecule has 5 heteroatoms. The topological polar surface area (TPSA) is 65.8 Å². The quantitative estimate of drug-likeness (QED) is 0.767. The average molecular weight is 254 g/mol. The molecule has 0 saturated carbocycles. The molecule has 0 aliphatic rings. The van der Waals surface area contributed by atoms with Gasteiger partial charge >= 0.3 is 0 Å². The number of carbonyl (C=O) groups excluding carboxylic acids is 1. The van der Waals surface area contributed by atoms with Gasteiger partial charge in [-0.25, -0.2) is 4.98 Å². The maximum Gasteiger partial charge on any atom is 0.221 e. The van der Waals surface area contributed by atoms with Crippen LogP contribution in [0.1, 0.15) is 5.56 Å². The lowest BCUT2D eigenvalue weighted by atomic mass is 10.1. The van der Waals surface area contributed by atoms with Gasteiger partial charge in [0.05, 0.1) is 18.3 Å². The Bertz CT molecular complexity index is 740. The number of imidazole rings is 1. The highest BCUT2D eigenvalue weighted by Gasteiger charge is 2.09. The first-order valence-electron chi connectivity index (χ1n) is 6.00. The van der Waals surface area contributed by atoms with E-state index in [9.17, 15) is 4.79 Å². The standard InChI is InChI=1S/C14H14N4O/c1-17-8-10(6-14(15)19)12-3-2-11(7-13(12)17)18-5-4-16-9-18/h2-5,7-9H,6H2,1H3,(H2,15,19). The van der Waals surface area contributed by atoms with Crippen molar-refractivity contribution >= 4 is 16.8 Å². The van der Waals surface area contributed by atoms with Gasteiger partial charge in [0.2, 0.25) is 5.91 Å². The Morgan fingerprint density at radius 1 is 1.42 bits per heavy atom. The molecular formula is C14H14N4O. The van der Waals surface area contributed by atoms with E-state index >= 15 is 0 Å². The molecule has 2 heterocycles. The molecule has 2 aromatic heterocycles. The maximum absolute atomic E-state index is 11.1. The van der Waals surface area contributed by atoms with Crippen LogP contribution in [0.5, 0.6) is 0 Å². The van der Waals surface area contributed by atoms with Gasteiger partial charge in [0.25, 0.3) is 0 Å². The van der Waals surface area contributed by atoms with Crippen molar-refractivity contribution in [2.45, 2.75) is 6.42 Å². The molecule has 19 heavy (non-hydrogen) atoms. The van der Waals surface area contributed by atoms with E-state index in [2.05, 4.69) is 11.1 Å². The van der Waals surface area contributed by atoms with Crippen molar-refractivity contribution in [3.8, 4) is 5.69 Å². The van der Waals surface area contributed by atoms with Gasteiger partial charge in [0.15, 0.2) is 0 Å². The van der Waals surface area contributed by atoms with Crippen LogP contribution in [0, 0.1) is 0 Å². The Morgan fingerprint density at radius 3 is 2.95 bits per heavy atom. The number of rotatable bonds is 3. The molecule has 3 aromatic rings. The van der Waals surface area contributed by atoms with Gasteiger partial charge in [-0.2, -0.15) is 0 Å². The fourth-order valence-corrected chi connectivity index (χ4v) is 2.36. The van der Waals surface area contributed by atoms with Crippen molar-refractivity contribution < 1.29 is 4.79 Å². The second kappa shape index (κ2) is 4.28. The van der Waals surface area contributed by atoms with Crippen molar-refractivity contribution in [1.82, 2.24) is 14.1 Å². The summed E-state index contributed by atoms with van der Waals surface area (Å²) in [5, 5.41) is 1.06. The van der Waals surface area contributed by atoms with Crippen LogP contribution in [0.4, 0.5) is 0 Å². The number of hydrogen-bond donors (Lipinski definition) is 1. The highest BCUT2D eigenvalue weighted by molar-refractivity contribution is 5.90. The lowest BCUT2D eigenvalue weighted by molar-refractivity contribution is -0.117. The number of nitrogens with zero attached hydrogens (tertiary/aromatic N) is 3. The predicted octanol–water partition coefficient (Wildman–Crippen LogP) is 1.39. The van der Waals surface area contributed by atoms with Crippen molar-refractivity contribution in [2.24, 2.45) is 12.8 Å². The third kappa shape index (κ3) is 1.99. The summed E-state index contributed by atoms with van der Waals surface area (Å²) in [6.45, 7) is 0. The zero-order valence-corrected chi connectivity index (χ0v) is 10.6. The third-order valence-electron chi connectivity index (χ3n) is 3.22. The number of hydrogen-bond acceptors (Lipinski definition) is 2. The van der Waals surface area contributed by atoms with Crippen LogP contribution < -0.4 is 5.73 Å². The summed E-state index contributed by atoms with van der Waals surface area (Å²) in [5.74, 6) is -0.314. The highest BCUT2D eigenvalue weighted by Crippen LogP contribution is 2.23. The molecule has 0 bridgehead atoms. The van der Waals surface area contributed by atoms with Crippen molar-refractivity contribution in [3.05, 3.63) is 48.7 Å². The Labute approximate surface area is 110 Å². The molecule has 2 N–H and O–H groups in total. The van der Waals surface area contributed by atoms with E-state index in [0.717, 1.165) is 22.2 Å². The maximum atomic E-state index is 11.1.